The number of methoxy groups -OCH3 is 1. The summed E-state index contributed by atoms with van der Waals surface area (Å²) in [5, 5.41) is 2.95. The van der Waals surface area contributed by atoms with Crippen molar-refractivity contribution in [2.24, 2.45) is 0 Å². The van der Waals surface area contributed by atoms with Crippen LogP contribution in [0.2, 0.25) is 0 Å². The Bertz CT molecular complexity index is 453. The van der Waals surface area contributed by atoms with Gasteiger partial charge in [-0.15, -0.1) is 0 Å². The van der Waals surface area contributed by atoms with Crippen LogP contribution in [-0.4, -0.2) is 25.2 Å². The molecule has 1 saturated carbocycles. The fraction of sp³-hybridized carbons (Fsp3) is 0.462. The number of carbonyl (C=O) groups is 1. The van der Waals surface area contributed by atoms with Crippen molar-refractivity contribution >= 4 is 21.8 Å². The standard InChI is InChI=1S/C13H15BrFNO2/c1-18-10-4-3-9(7-10)16-13(17)11-5-2-8(15)6-12(11)14/h2,5-6,9-10H,3-4,7H2,1H3,(H,16,17). The highest BCUT2D eigenvalue weighted by Gasteiger charge is 2.26. The number of carbonyl (C=O) groups excluding carboxylic acids is 1. The average Bonchev–Trinajstić information content (AvgIpc) is 2.76. The van der Waals surface area contributed by atoms with Crippen molar-refractivity contribution in [3.8, 4) is 0 Å². The fourth-order valence-corrected chi connectivity index (χ4v) is 2.75. The summed E-state index contributed by atoms with van der Waals surface area (Å²) in [6.07, 6.45) is 2.95. The van der Waals surface area contributed by atoms with Crippen molar-refractivity contribution in [3.05, 3.63) is 34.1 Å². The predicted molar refractivity (Wildman–Crippen MR) is 70.0 cm³/mol. The minimum Gasteiger partial charge on any atom is -0.381 e. The molecule has 0 bridgehead atoms. The summed E-state index contributed by atoms with van der Waals surface area (Å²) in [7, 11) is 1.69. The van der Waals surface area contributed by atoms with Crippen molar-refractivity contribution in [3.63, 3.8) is 0 Å². The van der Waals surface area contributed by atoms with Gasteiger partial charge in [0, 0.05) is 17.6 Å². The molecule has 5 heteroatoms. The Hall–Kier alpha value is -0.940. The van der Waals surface area contributed by atoms with E-state index in [2.05, 4.69) is 21.2 Å². The summed E-state index contributed by atoms with van der Waals surface area (Å²) in [5.74, 6) is -0.539. The summed E-state index contributed by atoms with van der Waals surface area (Å²) in [6.45, 7) is 0. The van der Waals surface area contributed by atoms with E-state index in [-0.39, 0.29) is 23.9 Å². The van der Waals surface area contributed by atoms with Gasteiger partial charge in [0.25, 0.3) is 5.91 Å². The van der Waals surface area contributed by atoms with E-state index in [0.717, 1.165) is 19.3 Å². The Labute approximate surface area is 114 Å². The zero-order valence-corrected chi connectivity index (χ0v) is 11.7. The SMILES string of the molecule is COC1CCC(NC(=O)c2ccc(F)cc2Br)C1. The van der Waals surface area contributed by atoms with E-state index in [1.807, 2.05) is 0 Å². The number of hydrogen-bond acceptors (Lipinski definition) is 2. The zero-order valence-electron chi connectivity index (χ0n) is 10.1. The summed E-state index contributed by atoms with van der Waals surface area (Å²) in [4.78, 5) is 12.0. The Morgan fingerprint density at radius 2 is 2.28 bits per heavy atom. The molecule has 1 aromatic rings. The lowest BCUT2D eigenvalue weighted by atomic mass is 10.2. The van der Waals surface area contributed by atoms with E-state index >= 15 is 0 Å². The normalized spacial score (nSPS) is 23.1. The first kappa shape index (κ1) is 13.5. The van der Waals surface area contributed by atoms with Gasteiger partial charge < -0.3 is 10.1 Å². The molecular weight excluding hydrogens is 301 g/mol. The van der Waals surface area contributed by atoms with Crippen LogP contribution < -0.4 is 5.32 Å². The second-order valence-electron chi connectivity index (χ2n) is 4.47. The van der Waals surface area contributed by atoms with Gasteiger partial charge in [0.2, 0.25) is 0 Å². The monoisotopic (exact) mass is 315 g/mol. The van der Waals surface area contributed by atoms with E-state index in [1.165, 1.54) is 18.2 Å². The molecule has 18 heavy (non-hydrogen) atoms. The molecule has 0 heterocycles. The van der Waals surface area contributed by atoms with Gasteiger partial charge in [-0.3, -0.25) is 4.79 Å². The van der Waals surface area contributed by atoms with Gasteiger partial charge in [-0.1, -0.05) is 0 Å². The predicted octanol–water partition coefficient (Wildman–Crippen LogP) is 2.89. The molecule has 1 aliphatic carbocycles. The van der Waals surface area contributed by atoms with Gasteiger partial charge in [-0.05, 0) is 53.4 Å². The molecule has 2 atom stereocenters. The minimum absolute atomic E-state index is 0.138. The van der Waals surface area contributed by atoms with Gasteiger partial charge in [0.05, 0.1) is 11.7 Å². The van der Waals surface area contributed by atoms with Gasteiger partial charge in [0.15, 0.2) is 0 Å². The summed E-state index contributed by atoms with van der Waals surface area (Å²) in [6, 6.07) is 4.20. The second-order valence-corrected chi connectivity index (χ2v) is 5.32. The van der Waals surface area contributed by atoms with Crippen LogP contribution in [0, 0.1) is 5.82 Å². The molecule has 0 aromatic heterocycles. The van der Waals surface area contributed by atoms with E-state index in [9.17, 15) is 9.18 Å². The van der Waals surface area contributed by atoms with Crippen LogP contribution >= 0.6 is 15.9 Å². The molecule has 0 aliphatic heterocycles. The highest BCUT2D eigenvalue weighted by molar-refractivity contribution is 9.10. The van der Waals surface area contributed by atoms with Crippen LogP contribution in [0.3, 0.4) is 0 Å². The molecular formula is C13H15BrFNO2. The third-order valence-electron chi connectivity index (χ3n) is 3.23. The maximum atomic E-state index is 12.9. The number of benzene rings is 1. The van der Waals surface area contributed by atoms with E-state index in [0.29, 0.717) is 10.0 Å². The van der Waals surface area contributed by atoms with Crippen LogP contribution in [0.25, 0.3) is 0 Å². The lowest BCUT2D eigenvalue weighted by Crippen LogP contribution is -2.33. The molecule has 1 N–H and O–H groups in total. The molecule has 3 nitrogen and oxygen atoms in total. The number of nitrogens with one attached hydrogen (secondary N) is 1. The molecule has 98 valence electrons. The van der Waals surface area contributed by atoms with Gasteiger partial charge in [-0.2, -0.15) is 0 Å². The molecule has 0 saturated heterocycles. The molecule has 0 spiro atoms. The number of rotatable bonds is 3. The number of ether oxygens (including phenoxy) is 1. The highest BCUT2D eigenvalue weighted by Crippen LogP contribution is 2.23. The molecule has 2 unspecified atom stereocenters. The second kappa shape index (κ2) is 5.80. The Balaban J connectivity index is 2.00. The minimum atomic E-state index is -0.362. The summed E-state index contributed by atoms with van der Waals surface area (Å²) in [5.41, 5.74) is 0.456. The average molecular weight is 316 g/mol. The Morgan fingerprint density at radius 3 is 2.89 bits per heavy atom. The van der Waals surface area contributed by atoms with Gasteiger partial charge in [0.1, 0.15) is 5.82 Å². The van der Waals surface area contributed by atoms with Gasteiger partial charge in [-0.25, -0.2) is 4.39 Å². The Kier molecular flexibility index (Phi) is 4.35. The zero-order chi connectivity index (χ0) is 13.1. The largest absolute Gasteiger partial charge is 0.381 e. The third-order valence-corrected chi connectivity index (χ3v) is 3.88. The lowest BCUT2D eigenvalue weighted by molar-refractivity contribution is 0.0914. The molecule has 0 radical (unpaired) electrons. The van der Waals surface area contributed by atoms with Crippen LogP contribution in [0.1, 0.15) is 29.6 Å². The van der Waals surface area contributed by atoms with Crippen molar-refractivity contribution in [2.75, 3.05) is 7.11 Å². The fourth-order valence-electron chi connectivity index (χ4n) is 2.22. The summed E-state index contributed by atoms with van der Waals surface area (Å²) >= 11 is 3.20. The summed E-state index contributed by atoms with van der Waals surface area (Å²) < 4.78 is 18.7. The van der Waals surface area contributed by atoms with Crippen LogP contribution in [0.15, 0.2) is 22.7 Å². The topological polar surface area (TPSA) is 38.3 Å². The van der Waals surface area contributed by atoms with Crippen molar-refractivity contribution in [1.82, 2.24) is 5.32 Å². The van der Waals surface area contributed by atoms with Crippen LogP contribution in [0.5, 0.6) is 0 Å². The van der Waals surface area contributed by atoms with Crippen molar-refractivity contribution < 1.29 is 13.9 Å². The van der Waals surface area contributed by atoms with E-state index in [4.69, 9.17) is 4.74 Å². The van der Waals surface area contributed by atoms with Crippen LogP contribution in [-0.2, 0) is 4.74 Å². The van der Waals surface area contributed by atoms with Gasteiger partial charge >= 0.3 is 0 Å². The van der Waals surface area contributed by atoms with E-state index < -0.39 is 0 Å². The maximum Gasteiger partial charge on any atom is 0.252 e. The Morgan fingerprint density at radius 1 is 1.50 bits per heavy atom. The molecule has 2 rings (SSSR count). The highest BCUT2D eigenvalue weighted by atomic mass is 79.9. The smallest absolute Gasteiger partial charge is 0.252 e. The number of halogens is 2. The van der Waals surface area contributed by atoms with Crippen molar-refractivity contribution in [2.45, 2.75) is 31.4 Å². The first-order valence-corrected chi connectivity index (χ1v) is 6.68. The van der Waals surface area contributed by atoms with Crippen molar-refractivity contribution in [1.29, 1.82) is 0 Å². The molecule has 1 amide bonds. The molecule has 1 aromatic carbocycles. The first-order chi connectivity index (χ1) is 8.60. The maximum absolute atomic E-state index is 12.9. The first-order valence-electron chi connectivity index (χ1n) is 5.89. The lowest BCUT2D eigenvalue weighted by Gasteiger charge is -2.13. The third kappa shape index (κ3) is 3.09. The quantitative estimate of drug-likeness (QED) is 0.931. The number of amides is 1. The van der Waals surface area contributed by atoms with E-state index in [1.54, 1.807) is 7.11 Å². The number of hydrogen-bond donors (Lipinski definition) is 1. The van der Waals surface area contributed by atoms with Crippen LogP contribution in [0.4, 0.5) is 4.39 Å². The molecule has 1 fully saturated rings. The molecule has 1 aliphatic rings.